The summed E-state index contributed by atoms with van der Waals surface area (Å²) >= 11 is 0. The van der Waals surface area contributed by atoms with Gasteiger partial charge in [0.1, 0.15) is 5.82 Å². The molecule has 1 saturated heterocycles. The van der Waals surface area contributed by atoms with Crippen molar-refractivity contribution in [2.24, 2.45) is 0 Å². The third-order valence-electron chi connectivity index (χ3n) is 2.85. The maximum Gasteiger partial charge on any atom is 0.148 e. The number of nitrogen functional groups attached to an aromatic ring is 1. The first kappa shape index (κ1) is 16.3. The highest BCUT2D eigenvalue weighted by Crippen LogP contribution is 2.20. The smallest absolute Gasteiger partial charge is 0.148 e. The topological polar surface area (TPSA) is 32.5 Å². The minimum Gasteiger partial charge on any atom is -0.396 e. The lowest BCUT2D eigenvalue weighted by Gasteiger charge is -2.34. The predicted octanol–water partition coefficient (Wildman–Crippen LogP) is 2.00. The molecule has 0 saturated carbocycles. The lowest BCUT2D eigenvalue weighted by Crippen LogP contribution is -2.44. The van der Waals surface area contributed by atoms with Crippen LogP contribution >= 0.6 is 24.8 Å². The van der Waals surface area contributed by atoms with Gasteiger partial charge in [-0.15, -0.1) is 24.8 Å². The van der Waals surface area contributed by atoms with Crippen LogP contribution in [-0.4, -0.2) is 38.1 Å². The molecule has 1 aromatic carbocycles. The molecule has 0 atom stereocenters. The molecule has 1 aromatic rings. The van der Waals surface area contributed by atoms with Crippen LogP contribution in [0.2, 0.25) is 0 Å². The number of piperazine rings is 1. The first-order valence-electron chi connectivity index (χ1n) is 5.15. The molecule has 1 aliphatic heterocycles. The van der Waals surface area contributed by atoms with Gasteiger partial charge in [-0.1, -0.05) is 0 Å². The molecule has 0 spiro atoms. The van der Waals surface area contributed by atoms with Crippen molar-refractivity contribution in [3.05, 3.63) is 24.0 Å². The molecule has 0 bridgehead atoms. The minimum atomic E-state index is -0.327. The fraction of sp³-hybridized carbons (Fsp3) is 0.455. The van der Waals surface area contributed by atoms with Crippen LogP contribution in [-0.2, 0) is 0 Å². The van der Waals surface area contributed by atoms with Crippen molar-refractivity contribution in [1.82, 2.24) is 4.90 Å². The molecule has 1 fully saturated rings. The van der Waals surface area contributed by atoms with E-state index >= 15 is 0 Å². The van der Waals surface area contributed by atoms with E-state index in [2.05, 4.69) is 16.8 Å². The van der Waals surface area contributed by atoms with E-state index < -0.39 is 0 Å². The molecule has 0 radical (unpaired) electrons. The van der Waals surface area contributed by atoms with Gasteiger partial charge in [-0.25, -0.2) is 4.39 Å². The Balaban J connectivity index is 0.00000128. The first-order chi connectivity index (χ1) is 7.16. The van der Waals surface area contributed by atoms with Gasteiger partial charge in [0.15, 0.2) is 0 Å². The number of benzene rings is 1. The molecule has 0 unspecified atom stereocenters. The van der Waals surface area contributed by atoms with Gasteiger partial charge in [-0.05, 0) is 25.2 Å². The SMILES string of the molecule is CN1CCN(c2ccc(N)c(F)c2)CC1.Cl.Cl. The molecule has 6 heteroatoms. The average molecular weight is 282 g/mol. The van der Waals surface area contributed by atoms with Crippen molar-refractivity contribution in [2.75, 3.05) is 43.9 Å². The number of halogens is 3. The van der Waals surface area contributed by atoms with Crippen molar-refractivity contribution >= 4 is 36.2 Å². The van der Waals surface area contributed by atoms with E-state index in [0.717, 1.165) is 31.9 Å². The fourth-order valence-corrected chi connectivity index (χ4v) is 1.78. The van der Waals surface area contributed by atoms with Crippen molar-refractivity contribution < 1.29 is 4.39 Å². The Morgan fingerprint density at radius 3 is 2.24 bits per heavy atom. The van der Waals surface area contributed by atoms with Crippen molar-refractivity contribution in [2.45, 2.75) is 0 Å². The van der Waals surface area contributed by atoms with Gasteiger partial charge < -0.3 is 15.5 Å². The van der Waals surface area contributed by atoms with Crippen LogP contribution in [0.15, 0.2) is 18.2 Å². The van der Waals surface area contributed by atoms with E-state index in [4.69, 9.17) is 5.73 Å². The third kappa shape index (κ3) is 3.91. The molecule has 0 amide bonds. The number of nitrogens with two attached hydrogens (primary N) is 1. The third-order valence-corrected chi connectivity index (χ3v) is 2.85. The van der Waals surface area contributed by atoms with Crippen LogP contribution in [0, 0.1) is 5.82 Å². The second-order valence-electron chi connectivity index (χ2n) is 4.00. The molecule has 3 nitrogen and oxygen atoms in total. The highest BCUT2D eigenvalue weighted by Gasteiger charge is 2.14. The molecule has 98 valence electrons. The first-order valence-corrected chi connectivity index (χ1v) is 5.15. The largest absolute Gasteiger partial charge is 0.396 e. The van der Waals surface area contributed by atoms with Crippen LogP contribution in [0.5, 0.6) is 0 Å². The van der Waals surface area contributed by atoms with Gasteiger partial charge in [0.25, 0.3) is 0 Å². The Bertz CT molecular complexity index is 355. The summed E-state index contributed by atoms with van der Waals surface area (Å²) in [4.78, 5) is 4.45. The Kier molecular flexibility index (Phi) is 6.60. The van der Waals surface area contributed by atoms with Gasteiger partial charge in [0, 0.05) is 31.9 Å². The van der Waals surface area contributed by atoms with E-state index in [1.54, 1.807) is 6.07 Å². The molecule has 2 rings (SSSR count). The number of rotatable bonds is 1. The van der Waals surface area contributed by atoms with Crippen molar-refractivity contribution in [1.29, 1.82) is 0 Å². The summed E-state index contributed by atoms with van der Waals surface area (Å²) in [7, 11) is 2.10. The van der Waals surface area contributed by atoms with Crippen molar-refractivity contribution in [3.63, 3.8) is 0 Å². The summed E-state index contributed by atoms with van der Waals surface area (Å²) in [6.07, 6.45) is 0. The molecule has 0 aliphatic carbocycles. The number of hydrogen-bond acceptors (Lipinski definition) is 3. The summed E-state index contributed by atoms with van der Waals surface area (Å²) in [5.41, 5.74) is 6.58. The molecule has 17 heavy (non-hydrogen) atoms. The second kappa shape index (κ2) is 6.89. The van der Waals surface area contributed by atoms with Crippen LogP contribution in [0.25, 0.3) is 0 Å². The Labute approximate surface area is 114 Å². The van der Waals surface area contributed by atoms with E-state index in [1.807, 2.05) is 6.07 Å². The number of likely N-dealkylation sites (N-methyl/N-ethyl adjacent to an activating group) is 1. The number of nitrogens with zero attached hydrogens (tertiary/aromatic N) is 2. The molecular weight excluding hydrogens is 264 g/mol. The quantitative estimate of drug-likeness (QED) is 0.800. The van der Waals surface area contributed by atoms with Crippen LogP contribution in [0.4, 0.5) is 15.8 Å². The van der Waals surface area contributed by atoms with Gasteiger partial charge >= 0.3 is 0 Å². The Morgan fingerprint density at radius 2 is 1.71 bits per heavy atom. The Morgan fingerprint density at radius 1 is 1.12 bits per heavy atom. The summed E-state index contributed by atoms with van der Waals surface area (Å²) in [5.74, 6) is -0.327. The highest BCUT2D eigenvalue weighted by molar-refractivity contribution is 5.85. The molecule has 0 aromatic heterocycles. The van der Waals surface area contributed by atoms with E-state index in [0.29, 0.717) is 0 Å². The van der Waals surface area contributed by atoms with Gasteiger partial charge in [-0.3, -0.25) is 0 Å². The van der Waals surface area contributed by atoms with Crippen LogP contribution in [0.1, 0.15) is 0 Å². The zero-order valence-electron chi connectivity index (χ0n) is 9.73. The van der Waals surface area contributed by atoms with E-state index in [-0.39, 0.29) is 36.3 Å². The van der Waals surface area contributed by atoms with Gasteiger partial charge in [0.2, 0.25) is 0 Å². The highest BCUT2D eigenvalue weighted by atomic mass is 35.5. The summed E-state index contributed by atoms with van der Waals surface area (Å²) < 4.78 is 13.2. The van der Waals surface area contributed by atoms with Crippen molar-refractivity contribution in [3.8, 4) is 0 Å². The minimum absolute atomic E-state index is 0. The Hall–Kier alpha value is -0.710. The van der Waals surface area contributed by atoms with Crippen LogP contribution in [0.3, 0.4) is 0 Å². The zero-order valence-corrected chi connectivity index (χ0v) is 11.4. The van der Waals surface area contributed by atoms with E-state index in [9.17, 15) is 4.39 Å². The lowest BCUT2D eigenvalue weighted by molar-refractivity contribution is 0.313. The zero-order chi connectivity index (χ0) is 10.8. The lowest BCUT2D eigenvalue weighted by atomic mass is 10.2. The van der Waals surface area contributed by atoms with E-state index in [1.165, 1.54) is 6.07 Å². The summed E-state index contributed by atoms with van der Waals surface area (Å²) in [6.45, 7) is 3.93. The molecule has 1 heterocycles. The monoisotopic (exact) mass is 281 g/mol. The van der Waals surface area contributed by atoms with Gasteiger partial charge in [0.05, 0.1) is 5.69 Å². The molecule has 1 aliphatic rings. The molecular formula is C11H18Cl2FN3. The second-order valence-corrected chi connectivity index (χ2v) is 4.00. The normalized spacial score (nSPS) is 16.0. The standard InChI is InChI=1S/C11H16FN3.2ClH/c1-14-4-6-15(7-5-14)9-2-3-11(13)10(12)8-9;;/h2-3,8H,4-7,13H2,1H3;2*1H. The van der Waals surface area contributed by atoms with Crippen LogP contribution < -0.4 is 10.6 Å². The molecule has 2 N–H and O–H groups in total. The predicted molar refractivity (Wildman–Crippen MR) is 75.0 cm³/mol. The average Bonchev–Trinajstić information content (AvgIpc) is 2.23. The number of hydrogen-bond donors (Lipinski definition) is 1. The maximum absolute atomic E-state index is 13.2. The summed E-state index contributed by atoms with van der Waals surface area (Å²) in [6, 6.07) is 5.02. The van der Waals surface area contributed by atoms with Gasteiger partial charge in [-0.2, -0.15) is 0 Å². The number of anilines is 2. The maximum atomic E-state index is 13.2. The fourth-order valence-electron chi connectivity index (χ4n) is 1.78. The summed E-state index contributed by atoms with van der Waals surface area (Å²) in [5, 5.41) is 0.